The maximum absolute atomic E-state index is 12.4. The molecule has 1 aromatic heterocycles. The number of alkyl halides is 6. The second kappa shape index (κ2) is 18.5. The number of amides is 1. The summed E-state index contributed by atoms with van der Waals surface area (Å²) in [5.74, 6) is -4.46. The fourth-order valence-corrected chi connectivity index (χ4v) is 3.85. The average Bonchev–Trinajstić information content (AvgIpc) is 3.45. The van der Waals surface area contributed by atoms with Crippen LogP contribution in [0.3, 0.4) is 0 Å². The van der Waals surface area contributed by atoms with Gasteiger partial charge in [-0.05, 0) is 43.8 Å². The van der Waals surface area contributed by atoms with Gasteiger partial charge in [0.15, 0.2) is 0 Å². The molecule has 254 valence electrons. The summed E-state index contributed by atoms with van der Waals surface area (Å²) in [6.45, 7) is 2.24. The normalized spacial score (nSPS) is 12.0. The van der Waals surface area contributed by atoms with Gasteiger partial charge in [0.25, 0.3) is 0 Å². The quantitative estimate of drug-likeness (QED) is 0.133. The molecule has 1 amide bonds. The van der Waals surface area contributed by atoms with Crippen LogP contribution >= 0.6 is 0 Å². The first-order valence-corrected chi connectivity index (χ1v) is 13.9. The van der Waals surface area contributed by atoms with Crippen LogP contribution in [-0.4, -0.2) is 81.7 Å². The zero-order valence-corrected chi connectivity index (χ0v) is 25.3. The van der Waals surface area contributed by atoms with E-state index in [-0.39, 0.29) is 11.9 Å². The molecular formula is C30H36F6N4O6. The van der Waals surface area contributed by atoms with Crippen molar-refractivity contribution in [1.29, 1.82) is 0 Å². The van der Waals surface area contributed by atoms with Crippen LogP contribution in [0.1, 0.15) is 57.3 Å². The number of fused-ring (bicyclic) bond motifs is 1. The molecule has 0 bridgehead atoms. The van der Waals surface area contributed by atoms with Crippen LogP contribution in [-0.2, 0) is 19.2 Å². The average molecular weight is 663 g/mol. The Morgan fingerprint density at radius 2 is 1.46 bits per heavy atom. The van der Waals surface area contributed by atoms with Gasteiger partial charge in [-0.15, -0.1) is 0 Å². The Hall–Kier alpha value is -4.47. The van der Waals surface area contributed by atoms with Gasteiger partial charge in [0.05, 0.1) is 24.5 Å². The van der Waals surface area contributed by atoms with E-state index in [1.54, 1.807) is 0 Å². The van der Waals surface area contributed by atoms with Gasteiger partial charge < -0.3 is 25.4 Å². The predicted molar refractivity (Wildman–Crippen MR) is 157 cm³/mol. The number of ketones is 1. The number of hydrogen-bond donors (Lipinski definition) is 4. The first kappa shape index (κ1) is 39.6. The van der Waals surface area contributed by atoms with Crippen LogP contribution in [0.25, 0.3) is 22.0 Å². The summed E-state index contributed by atoms with van der Waals surface area (Å²) in [5.41, 5.74) is 2.00. The maximum Gasteiger partial charge on any atom is 0.490 e. The first-order valence-electron chi connectivity index (χ1n) is 13.9. The van der Waals surface area contributed by atoms with E-state index in [0.717, 1.165) is 42.8 Å². The van der Waals surface area contributed by atoms with E-state index >= 15 is 0 Å². The fraction of sp³-hybridized carbons (Fsp3) is 0.433. The molecule has 3 aromatic rings. The van der Waals surface area contributed by atoms with Crippen molar-refractivity contribution in [1.82, 2.24) is 20.2 Å². The number of aliphatic carboxylic acids is 2. The molecule has 0 radical (unpaired) electrons. The van der Waals surface area contributed by atoms with Gasteiger partial charge in [-0.2, -0.15) is 26.3 Å². The van der Waals surface area contributed by atoms with Crippen molar-refractivity contribution in [3.05, 3.63) is 54.5 Å². The third-order valence-electron chi connectivity index (χ3n) is 6.11. The van der Waals surface area contributed by atoms with Gasteiger partial charge in [0.1, 0.15) is 11.6 Å². The number of benzene rings is 2. The summed E-state index contributed by atoms with van der Waals surface area (Å²) < 4.78 is 63.5. The number of Topliss-reactive ketones (excluding diaryl/α,β-unsaturated/α-hetero) is 1. The molecule has 1 atom stereocenters. The Labute approximate surface area is 260 Å². The lowest BCUT2D eigenvalue weighted by atomic mass is 10.0. The lowest BCUT2D eigenvalue weighted by Crippen LogP contribution is -2.36. The van der Waals surface area contributed by atoms with Crippen LogP contribution in [0, 0.1) is 0 Å². The molecule has 0 fully saturated rings. The molecule has 10 nitrogen and oxygen atoms in total. The first-order chi connectivity index (χ1) is 21.3. The number of hydrogen-bond acceptors (Lipinski definition) is 6. The van der Waals surface area contributed by atoms with E-state index in [9.17, 15) is 35.9 Å². The highest BCUT2D eigenvalue weighted by atomic mass is 19.4. The molecule has 0 saturated carbocycles. The molecule has 16 heteroatoms. The van der Waals surface area contributed by atoms with E-state index in [1.807, 2.05) is 44.2 Å². The summed E-state index contributed by atoms with van der Waals surface area (Å²) in [4.78, 5) is 51.6. The smallest absolute Gasteiger partial charge is 0.475 e. The topological polar surface area (TPSA) is 153 Å². The molecule has 0 aliphatic heterocycles. The number of nitrogens with one attached hydrogen (secondary N) is 2. The van der Waals surface area contributed by atoms with Gasteiger partial charge >= 0.3 is 24.3 Å². The SMILES string of the molecule is CCC(=O)CCCCC[C@H](NC(=O)CN(C)C)c1ncc(-c2ccc3ccccc3c2)[nH]1.O=C(O)C(F)(F)F.O=C(O)C(F)(F)F. The highest BCUT2D eigenvalue weighted by Crippen LogP contribution is 2.26. The number of aromatic amines is 1. The number of carboxylic acid groups (broad SMARTS) is 2. The van der Waals surface area contributed by atoms with Crippen LogP contribution in [0.4, 0.5) is 26.3 Å². The van der Waals surface area contributed by atoms with Crippen molar-refractivity contribution in [2.45, 2.75) is 63.8 Å². The molecule has 0 unspecified atom stereocenters. The molecule has 0 saturated heterocycles. The lowest BCUT2D eigenvalue weighted by Gasteiger charge is -2.18. The van der Waals surface area contributed by atoms with Gasteiger partial charge in [-0.25, -0.2) is 14.6 Å². The Balaban J connectivity index is 0.000000629. The van der Waals surface area contributed by atoms with Crippen LogP contribution in [0.2, 0.25) is 0 Å². The maximum atomic E-state index is 12.4. The van der Waals surface area contributed by atoms with Gasteiger partial charge in [0, 0.05) is 18.4 Å². The molecule has 4 N–H and O–H groups in total. The van der Waals surface area contributed by atoms with Crippen molar-refractivity contribution in [2.24, 2.45) is 0 Å². The molecular weight excluding hydrogens is 626 g/mol. The molecule has 0 spiro atoms. The largest absolute Gasteiger partial charge is 0.490 e. The zero-order chi connectivity index (χ0) is 35.1. The number of H-pyrrole nitrogens is 1. The molecule has 2 aromatic carbocycles. The monoisotopic (exact) mass is 662 g/mol. The summed E-state index contributed by atoms with van der Waals surface area (Å²) in [5, 5.41) is 19.8. The number of halogens is 6. The van der Waals surface area contributed by atoms with Crippen molar-refractivity contribution >= 4 is 34.4 Å². The minimum Gasteiger partial charge on any atom is -0.475 e. The van der Waals surface area contributed by atoms with Crippen LogP contribution in [0.15, 0.2) is 48.7 Å². The number of unbranched alkanes of at least 4 members (excludes halogenated alkanes) is 2. The summed E-state index contributed by atoms with van der Waals surface area (Å²) in [7, 11) is 3.76. The van der Waals surface area contributed by atoms with E-state index < -0.39 is 24.3 Å². The molecule has 0 aliphatic rings. The third-order valence-corrected chi connectivity index (χ3v) is 6.11. The van der Waals surface area contributed by atoms with Crippen LogP contribution < -0.4 is 5.32 Å². The number of carboxylic acids is 2. The zero-order valence-electron chi connectivity index (χ0n) is 25.3. The number of carbonyl (C=O) groups is 4. The lowest BCUT2D eigenvalue weighted by molar-refractivity contribution is -0.193. The van der Waals surface area contributed by atoms with E-state index in [0.29, 0.717) is 25.2 Å². The minimum absolute atomic E-state index is 0.0233. The Morgan fingerprint density at radius 1 is 0.891 bits per heavy atom. The predicted octanol–water partition coefficient (Wildman–Crippen LogP) is 6.15. The Morgan fingerprint density at radius 3 is 1.98 bits per heavy atom. The van der Waals surface area contributed by atoms with Crippen molar-refractivity contribution < 1.29 is 55.7 Å². The van der Waals surface area contributed by atoms with Gasteiger partial charge in [0.2, 0.25) is 5.91 Å². The summed E-state index contributed by atoms with van der Waals surface area (Å²) >= 11 is 0. The second-order valence-electron chi connectivity index (χ2n) is 10.2. The van der Waals surface area contributed by atoms with Crippen LogP contribution in [0.5, 0.6) is 0 Å². The number of nitrogens with zero attached hydrogens (tertiary/aromatic N) is 2. The van der Waals surface area contributed by atoms with Crippen molar-refractivity contribution in [3.63, 3.8) is 0 Å². The number of rotatable bonds is 12. The number of likely N-dealkylation sites (N-methyl/N-ethyl adjacent to an activating group) is 1. The van der Waals surface area contributed by atoms with E-state index in [2.05, 4.69) is 45.6 Å². The highest BCUT2D eigenvalue weighted by Gasteiger charge is 2.38. The molecule has 0 aliphatic carbocycles. The molecule has 1 heterocycles. The number of aromatic nitrogens is 2. The van der Waals surface area contributed by atoms with Crippen molar-refractivity contribution in [3.8, 4) is 11.3 Å². The number of carbonyl (C=O) groups excluding carboxylic acids is 2. The fourth-order valence-electron chi connectivity index (χ4n) is 3.85. The standard InChI is InChI=1S/C26H34N4O2.2C2HF3O2/c1-4-22(31)12-6-5-7-13-23(28-25(32)18-30(2)3)26-27-17-24(29-26)21-15-14-19-10-8-9-11-20(19)16-21;2*3-2(4,5)1(6)7/h8-11,14-17,23H,4-7,12-13,18H2,1-3H3,(H,27,29)(H,28,32);2*(H,6,7)/t23-;;/m0../s1. The van der Waals surface area contributed by atoms with Crippen molar-refractivity contribution in [2.75, 3.05) is 20.6 Å². The van der Waals surface area contributed by atoms with Gasteiger partial charge in [-0.3, -0.25) is 9.59 Å². The van der Waals surface area contributed by atoms with Gasteiger partial charge in [-0.1, -0.05) is 56.2 Å². The Kier molecular flexibility index (Phi) is 15.9. The third kappa shape index (κ3) is 15.0. The molecule has 46 heavy (non-hydrogen) atoms. The summed E-state index contributed by atoms with van der Waals surface area (Å²) in [6, 6.07) is 14.4. The summed E-state index contributed by atoms with van der Waals surface area (Å²) in [6.07, 6.45) is -3.52. The highest BCUT2D eigenvalue weighted by molar-refractivity contribution is 5.86. The van der Waals surface area contributed by atoms with E-state index in [4.69, 9.17) is 19.8 Å². The van der Waals surface area contributed by atoms with E-state index in [1.165, 1.54) is 10.8 Å². The second-order valence-corrected chi connectivity index (χ2v) is 10.2. The molecule has 3 rings (SSSR count). The minimum atomic E-state index is -5.08. The number of imidazole rings is 1. The Bertz CT molecular complexity index is 1420.